The number of hydrogen-bond donors (Lipinski definition) is 0. The molecule has 0 aliphatic carbocycles. The van der Waals surface area contributed by atoms with Crippen LogP contribution in [0.25, 0.3) is 6.08 Å². The number of rotatable bonds is 7. The molecule has 0 bridgehead atoms. The van der Waals surface area contributed by atoms with Gasteiger partial charge in [-0.05, 0) is 49.8 Å². The van der Waals surface area contributed by atoms with E-state index in [1.807, 2.05) is 44.1 Å². The van der Waals surface area contributed by atoms with Crippen molar-refractivity contribution in [3.8, 4) is 23.0 Å². The van der Waals surface area contributed by atoms with Crippen LogP contribution in [0.15, 0.2) is 35.9 Å². The Kier molecular flexibility index (Phi) is 5.78. The summed E-state index contributed by atoms with van der Waals surface area (Å²) in [6.45, 7) is 4.47. The van der Waals surface area contributed by atoms with E-state index >= 15 is 0 Å². The molecule has 6 nitrogen and oxygen atoms in total. The van der Waals surface area contributed by atoms with Crippen LogP contribution < -0.4 is 23.8 Å². The van der Waals surface area contributed by atoms with Crippen LogP contribution in [-0.2, 0) is 0 Å². The normalized spacial score (nSPS) is 12.7. The lowest BCUT2D eigenvalue weighted by Crippen LogP contribution is -2.12. The summed E-state index contributed by atoms with van der Waals surface area (Å²) < 4.78 is 21.9. The first-order valence-electron chi connectivity index (χ1n) is 9.09. The summed E-state index contributed by atoms with van der Waals surface area (Å²) in [4.78, 5) is 14.9. The monoisotopic (exact) mass is 383 g/mol. The first-order chi connectivity index (χ1) is 13.4. The molecule has 1 aliphatic heterocycles. The van der Waals surface area contributed by atoms with Gasteiger partial charge in [-0.25, -0.2) is 0 Å². The van der Waals surface area contributed by atoms with E-state index in [0.717, 1.165) is 17.0 Å². The Hall–Kier alpha value is -3.15. The van der Waals surface area contributed by atoms with Crippen molar-refractivity contribution in [2.24, 2.45) is 0 Å². The van der Waals surface area contributed by atoms with Gasteiger partial charge in [-0.15, -0.1) is 0 Å². The van der Waals surface area contributed by atoms with E-state index < -0.39 is 0 Å². The van der Waals surface area contributed by atoms with E-state index in [-0.39, 0.29) is 12.6 Å². The highest BCUT2D eigenvalue weighted by Gasteiger charge is 2.18. The van der Waals surface area contributed by atoms with Gasteiger partial charge in [0.15, 0.2) is 17.3 Å². The van der Waals surface area contributed by atoms with Crippen LogP contribution in [0.4, 0.5) is 5.69 Å². The van der Waals surface area contributed by atoms with E-state index in [4.69, 9.17) is 18.9 Å². The van der Waals surface area contributed by atoms with Gasteiger partial charge >= 0.3 is 0 Å². The lowest BCUT2D eigenvalue weighted by molar-refractivity contribution is 0.103. The second kappa shape index (κ2) is 8.25. The highest BCUT2D eigenvalue weighted by atomic mass is 16.7. The quantitative estimate of drug-likeness (QED) is 0.528. The third-order valence-electron chi connectivity index (χ3n) is 4.46. The predicted octanol–water partition coefficient (Wildman–Crippen LogP) is 4.17. The highest BCUT2D eigenvalue weighted by molar-refractivity contribution is 6.11. The molecule has 0 aromatic heterocycles. The number of ketones is 1. The van der Waals surface area contributed by atoms with Gasteiger partial charge in [-0.2, -0.15) is 0 Å². The lowest BCUT2D eigenvalue weighted by atomic mass is 10.0. The molecular weight excluding hydrogens is 358 g/mol. The van der Waals surface area contributed by atoms with Crippen LogP contribution in [0.2, 0.25) is 0 Å². The number of allylic oxidation sites excluding steroid dienone is 1. The fourth-order valence-corrected chi connectivity index (χ4v) is 3.04. The van der Waals surface area contributed by atoms with Crippen molar-refractivity contribution in [3.05, 3.63) is 47.0 Å². The number of benzene rings is 2. The minimum Gasteiger partial charge on any atom is -0.496 e. The van der Waals surface area contributed by atoms with Crippen molar-refractivity contribution in [1.82, 2.24) is 0 Å². The number of methoxy groups -OCH3 is 1. The van der Waals surface area contributed by atoms with E-state index in [2.05, 4.69) is 0 Å². The van der Waals surface area contributed by atoms with Crippen LogP contribution in [0.3, 0.4) is 0 Å². The van der Waals surface area contributed by atoms with Gasteiger partial charge in [0.2, 0.25) is 6.79 Å². The fourth-order valence-electron chi connectivity index (χ4n) is 3.04. The van der Waals surface area contributed by atoms with Crippen LogP contribution in [-0.4, -0.2) is 40.4 Å². The van der Waals surface area contributed by atoms with Crippen molar-refractivity contribution in [2.75, 3.05) is 39.5 Å². The van der Waals surface area contributed by atoms with Crippen molar-refractivity contribution < 1.29 is 23.7 Å². The average Bonchev–Trinajstić information content (AvgIpc) is 3.14. The molecule has 1 aliphatic rings. The molecule has 1 heterocycles. The second-order valence-electron chi connectivity index (χ2n) is 6.61. The van der Waals surface area contributed by atoms with Crippen molar-refractivity contribution in [1.29, 1.82) is 0 Å². The molecule has 3 rings (SSSR count). The Labute approximate surface area is 165 Å². The molecule has 148 valence electrons. The minimum atomic E-state index is -0.0640. The third-order valence-corrected chi connectivity index (χ3v) is 4.46. The predicted molar refractivity (Wildman–Crippen MR) is 109 cm³/mol. The van der Waals surface area contributed by atoms with Crippen molar-refractivity contribution in [3.63, 3.8) is 0 Å². The molecule has 0 saturated carbocycles. The van der Waals surface area contributed by atoms with E-state index in [0.29, 0.717) is 35.0 Å². The summed E-state index contributed by atoms with van der Waals surface area (Å²) in [7, 11) is 5.43. The number of Topliss-reactive ketones (excluding diaryl/α,β-unsaturated/α-hetero) is 1. The molecule has 0 atom stereocenters. The molecule has 0 unspecified atom stereocenters. The zero-order chi connectivity index (χ0) is 20.3. The number of ether oxygens (including phenoxy) is 4. The van der Waals surface area contributed by atoms with Gasteiger partial charge in [0, 0.05) is 31.3 Å². The Morgan fingerprint density at radius 3 is 2.50 bits per heavy atom. The fraction of sp³-hybridized carbons (Fsp3) is 0.318. The molecule has 0 N–H and O–H groups in total. The maximum absolute atomic E-state index is 13.0. The maximum atomic E-state index is 13.0. The van der Waals surface area contributed by atoms with Gasteiger partial charge in [0.1, 0.15) is 11.5 Å². The topological polar surface area (TPSA) is 57.2 Å². The standard InChI is InChI=1S/C22H25NO5/c1-6-26-18-8-7-15(10-17(18)23(3)4)22(24)14(2)9-16-11-20-21(28-13-27-20)12-19(16)25-5/h7-12H,6,13H2,1-5H3/b14-9+. The SMILES string of the molecule is CCOc1ccc(C(=O)/C(C)=C/c2cc3c(cc2OC)OCO3)cc1N(C)C. The van der Waals surface area contributed by atoms with E-state index in [1.54, 1.807) is 32.2 Å². The molecule has 28 heavy (non-hydrogen) atoms. The third kappa shape index (κ3) is 3.91. The van der Waals surface area contributed by atoms with E-state index in [9.17, 15) is 4.79 Å². The molecule has 0 amide bonds. The number of carbonyl (C=O) groups is 1. The first-order valence-corrected chi connectivity index (χ1v) is 9.09. The zero-order valence-electron chi connectivity index (χ0n) is 16.9. The largest absolute Gasteiger partial charge is 0.496 e. The summed E-state index contributed by atoms with van der Waals surface area (Å²) in [5.41, 5.74) is 2.81. The number of nitrogens with zero attached hydrogens (tertiary/aromatic N) is 1. The summed E-state index contributed by atoms with van der Waals surface area (Å²) in [5.74, 6) is 2.59. The molecule has 2 aromatic carbocycles. The van der Waals surface area contributed by atoms with Crippen LogP contribution in [0.5, 0.6) is 23.0 Å². The first kappa shape index (κ1) is 19.6. The Morgan fingerprint density at radius 1 is 1.14 bits per heavy atom. The van der Waals surface area contributed by atoms with Crippen LogP contribution >= 0.6 is 0 Å². The van der Waals surface area contributed by atoms with Crippen LogP contribution in [0, 0.1) is 0 Å². The number of anilines is 1. The van der Waals surface area contributed by atoms with Gasteiger partial charge in [-0.1, -0.05) is 0 Å². The molecule has 0 saturated heterocycles. The summed E-state index contributed by atoms with van der Waals surface area (Å²) in [5, 5.41) is 0. The van der Waals surface area contributed by atoms with E-state index in [1.165, 1.54) is 0 Å². The number of carbonyl (C=O) groups excluding carboxylic acids is 1. The number of fused-ring (bicyclic) bond motifs is 1. The smallest absolute Gasteiger partial charge is 0.231 e. The Morgan fingerprint density at radius 2 is 1.86 bits per heavy atom. The summed E-state index contributed by atoms with van der Waals surface area (Å²) >= 11 is 0. The molecule has 0 fully saturated rings. The second-order valence-corrected chi connectivity index (χ2v) is 6.61. The molecule has 6 heteroatoms. The van der Waals surface area contributed by atoms with Crippen LogP contribution in [0.1, 0.15) is 29.8 Å². The number of hydrogen-bond acceptors (Lipinski definition) is 6. The Bertz CT molecular complexity index is 917. The van der Waals surface area contributed by atoms with Gasteiger partial charge < -0.3 is 23.8 Å². The Balaban J connectivity index is 1.94. The van der Waals surface area contributed by atoms with Gasteiger partial charge in [0.05, 0.1) is 19.4 Å². The molecular formula is C22H25NO5. The molecule has 2 aromatic rings. The lowest BCUT2D eigenvalue weighted by Gasteiger charge is -2.18. The van der Waals surface area contributed by atoms with Crippen molar-refractivity contribution >= 4 is 17.5 Å². The van der Waals surface area contributed by atoms with Crippen molar-refractivity contribution in [2.45, 2.75) is 13.8 Å². The van der Waals surface area contributed by atoms with Gasteiger partial charge in [0.25, 0.3) is 0 Å². The minimum absolute atomic E-state index is 0.0640. The van der Waals surface area contributed by atoms with Gasteiger partial charge in [-0.3, -0.25) is 4.79 Å². The zero-order valence-corrected chi connectivity index (χ0v) is 16.9. The maximum Gasteiger partial charge on any atom is 0.231 e. The molecule has 0 radical (unpaired) electrons. The average molecular weight is 383 g/mol. The molecule has 0 spiro atoms. The summed E-state index contributed by atoms with van der Waals surface area (Å²) in [6, 6.07) is 9.06. The highest BCUT2D eigenvalue weighted by Crippen LogP contribution is 2.39. The summed E-state index contributed by atoms with van der Waals surface area (Å²) in [6.07, 6.45) is 1.80.